The molecule has 2 nitrogen and oxygen atoms in total. The Morgan fingerprint density at radius 3 is 1.88 bits per heavy atom. The lowest BCUT2D eigenvalue weighted by atomic mass is 9.83. The third-order valence-corrected chi connectivity index (χ3v) is 12.1. The number of benzene rings is 10. The molecule has 0 aliphatic carbocycles. The van der Waals surface area contributed by atoms with Gasteiger partial charge in [-0.1, -0.05) is 146 Å². The van der Waals surface area contributed by atoms with Gasteiger partial charge in [0.2, 0.25) is 0 Å². The Kier molecular flexibility index (Phi) is 7.63. The zero-order chi connectivity index (χ0) is 37.2. The van der Waals surface area contributed by atoms with Crippen LogP contribution in [-0.4, -0.2) is 4.57 Å². The lowest BCUT2D eigenvalue weighted by molar-refractivity contribution is 0.810. The van der Waals surface area contributed by atoms with E-state index in [-0.39, 0.29) is 5.92 Å². The van der Waals surface area contributed by atoms with Crippen molar-refractivity contribution in [2.75, 3.05) is 4.90 Å². The van der Waals surface area contributed by atoms with Crippen LogP contribution < -0.4 is 4.90 Å². The number of aryl methyl sites for hydroxylation is 1. The zero-order valence-electron chi connectivity index (χ0n) is 31.4. The summed E-state index contributed by atoms with van der Waals surface area (Å²) in [4.78, 5) is 2.46. The molecule has 11 rings (SSSR count). The number of hydrogen-bond donors (Lipinski definition) is 0. The molecule has 0 aliphatic rings. The highest BCUT2D eigenvalue weighted by atomic mass is 15.1. The maximum atomic E-state index is 2.49. The van der Waals surface area contributed by atoms with Crippen LogP contribution in [0.1, 0.15) is 29.5 Å². The van der Waals surface area contributed by atoms with Crippen LogP contribution in [0.25, 0.3) is 64.9 Å². The molecule has 0 bridgehead atoms. The fraction of sp³-hybridized carbons (Fsp3) is 0.0741. The van der Waals surface area contributed by atoms with E-state index < -0.39 is 0 Å². The molecule has 11 aromatic rings. The summed E-state index contributed by atoms with van der Waals surface area (Å²) in [6.45, 7) is 3.16. The summed E-state index contributed by atoms with van der Waals surface area (Å²) in [5.74, 6) is 0.189. The third-order valence-electron chi connectivity index (χ3n) is 12.1. The molecule has 2 heteroatoms. The van der Waals surface area contributed by atoms with Crippen LogP contribution in [0.15, 0.2) is 194 Å². The topological polar surface area (TPSA) is 8.17 Å². The predicted octanol–water partition coefficient (Wildman–Crippen LogP) is 14.7. The maximum absolute atomic E-state index is 2.49. The fourth-order valence-corrected chi connectivity index (χ4v) is 9.54. The Morgan fingerprint density at radius 2 is 1.07 bits per heavy atom. The van der Waals surface area contributed by atoms with Gasteiger partial charge in [0.25, 0.3) is 0 Å². The highest BCUT2D eigenvalue weighted by Crippen LogP contribution is 2.45. The number of aromatic nitrogens is 1. The first kappa shape index (κ1) is 32.5. The van der Waals surface area contributed by atoms with Gasteiger partial charge in [0.05, 0.1) is 5.69 Å². The first-order valence-corrected chi connectivity index (χ1v) is 19.8. The van der Waals surface area contributed by atoms with E-state index >= 15 is 0 Å². The number of fused-ring (bicyclic) bond motifs is 4. The van der Waals surface area contributed by atoms with Gasteiger partial charge in [-0.3, -0.25) is 0 Å². The van der Waals surface area contributed by atoms with Crippen LogP contribution in [0.3, 0.4) is 0 Å². The molecule has 56 heavy (non-hydrogen) atoms. The summed E-state index contributed by atoms with van der Waals surface area (Å²) in [7, 11) is 0. The van der Waals surface area contributed by atoms with E-state index in [1.165, 1.54) is 87.3 Å². The summed E-state index contributed by atoms with van der Waals surface area (Å²) in [6.07, 6.45) is 0.925. The lowest BCUT2D eigenvalue weighted by Gasteiger charge is -2.28. The van der Waals surface area contributed by atoms with Crippen molar-refractivity contribution < 1.29 is 0 Å². The van der Waals surface area contributed by atoms with Crippen LogP contribution in [0.5, 0.6) is 0 Å². The summed E-state index contributed by atoms with van der Waals surface area (Å²) in [6, 6.07) is 72.2. The standard InChI is InChI=1S/C54H40N2/c1-2-55-50-30-27-41(47(33-36-13-5-3-6-14-36)45-22-12-16-37-15-9-10-21-44(37)45)34-48(50)49-35-43(28-32-51(49)55)56(42-19-7-4-8-20-42)52-31-26-40-24-23-38-17-11-18-39-25-29-46(52)54(40)53(38)39/h3-32,34-35,47H,2,33H2,1H3. The first-order chi connectivity index (χ1) is 27.7. The van der Waals surface area contributed by atoms with Crippen molar-refractivity contribution in [3.8, 4) is 0 Å². The fourth-order valence-electron chi connectivity index (χ4n) is 9.54. The van der Waals surface area contributed by atoms with Gasteiger partial charge in [-0.05, 0) is 116 Å². The van der Waals surface area contributed by atoms with Gasteiger partial charge in [-0.15, -0.1) is 0 Å². The molecule has 1 aromatic heterocycles. The number of anilines is 3. The Bertz CT molecular complexity index is 3190. The van der Waals surface area contributed by atoms with Gasteiger partial charge >= 0.3 is 0 Å². The minimum absolute atomic E-state index is 0.189. The molecule has 0 amide bonds. The second-order valence-corrected chi connectivity index (χ2v) is 15.1. The SMILES string of the molecule is CCn1c2ccc(C(Cc3ccccc3)c3cccc4ccccc34)cc2c2cc(N(c3ccccc3)c3ccc4ccc5cccc6ccc3c4c56)ccc21. The average molecular weight is 717 g/mol. The normalized spacial score (nSPS) is 12.4. The Balaban J connectivity index is 1.13. The van der Waals surface area contributed by atoms with Gasteiger partial charge in [0.15, 0.2) is 0 Å². The lowest BCUT2D eigenvalue weighted by Crippen LogP contribution is -2.10. The van der Waals surface area contributed by atoms with E-state index in [0.29, 0.717) is 0 Å². The largest absolute Gasteiger partial charge is 0.341 e. The van der Waals surface area contributed by atoms with Gasteiger partial charge in [0.1, 0.15) is 0 Å². The first-order valence-electron chi connectivity index (χ1n) is 19.8. The summed E-state index contributed by atoms with van der Waals surface area (Å²) in [5.41, 5.74) is 10.1. The van der Waals surface area contributed by atoms with E-state index in [1.54, 1.807) is 0 Å². The minimum Gasteiger partial charge on any atom is -0.341 e. The maximum Gasteiger partial charge on any atom is 0.0540 e. The van der Waals surface area contributed by atoms with Crippen molar-refractivity contribution in [1.29, 1.82) is 0 Å². The smallest absolute Gasteiger partial charge is 0.0540 e. The van der Waals surface area contributed by atoms with Gasteiger partial charge in [-0.25, -0.2) is 0 Å². The zero-order valence-corrected chi connectivity index (χ0v) is 31.4. The van der Waals surface area contributed by atoms with E-state index in [2.05, 4.69) is 211 Å². The number of para-hydroxylation sites is 1. The van der Waals surface area contributed by atoms with E-state index in [4.69, 9.17) is 0 Å². The highest BCUT2D eigenvalue weighted by Gasteiger charge is 2.22. The van der Waals surface area contributed by atoms with E-state index in [9.17, 15) is 0 Å². The molecule has 0 N–H and O–H groups in total. The molecule has 0 saturated heterocycles. The molecule has 0 saturated carbocycles. The van der Waals surface area contributed by atoms with E-state index in [1.807, 2.05) is 0 Å². The van der Waals surface area contributed by atoms with Crippen LogP contribution in [0.4, 0.5) is 17.1 Å². The van der Waals surface area contributed by atoms with Crippen LogP contribution in [-0.2, 0) is 13.0 Å². The number of nitrogens with zero attached hydrogens (tertiary/aromatic N) is 2. The van der Waals surface area contributed by atoms with Crippen molar-refractivity contribution in [2.45, 2.75) is 25.8 Å². The van der Waals surface area contributed by atoms with Gasteiger partial charge in [0, 0.05) is 51.0 Å². The van der Waals surface area contributed by atoms with Crippen molar-refractivity contribution in [3.63, 3.8) is 0 Å². The molecular weight excluding hydrogens is 677 g/mol. The summed E-state index contributed by atoms with van der Waals surface area (Å²) < 4.78 is 2.48. The minimum atomic E-state index is 0.189. The number of rotatable bonds is 8. The van der Waals surface area contributed by atoms with Crippen LogP contribution >= 0.6 is 0 Å². The summed E-state index contributed by atoms with van der Waals surface area (Å²) in [5, 5.41) is 12.9. The monoisotopic (exact) mass is 716 g/mol. The molecule has 1 unspecified atom stereocenters. The van der Waals surface area contributed by atoms with Gasteiger partial charge in [-0.2, -0.15) is 0 Å². The molecule has 0 fully saturated rings. The van der Waals surface area contributed by atoms with Crippen molar-refractivity contribution in [3.05, 3.63) is 211 Å². The highest BCUT2D eigenvalue weighted by molar-refractivity contribution is 6.26. The molecule has 1 atom stereocenters. The molecule has 266 valence electrons. The molecule has 0 spiro atoms. The van der Waals surface area contributed by atoms with E-state index in [0.717, 1.165) is 24.3 Å². The summed E-state index contributed by atoms with van der Waals surface area (Å²) >= 11 is 0. The molecule has 10 aromatic carbocycles. The average Bonchev–Trinajstić information content (AvgIpc) is 3.58. The molecule has 0 aliphatic heterocycles. The predicted molar refractivity (Wildman–Crippen MR) is 239 cm³/mol. The molecule has 1 heterocycles. The van der Waals surface area contributed by atoms with Crippen molar-refractivity contribution >= 4 is 82.0 Å². The van der Waals surface area contributed by atoms with Crippen LogP contribution in [0.2, 0.25) is 0 Å². The number of hydrogen-bond acceptors (Lipinski definition) is 1. The second-order valence-electron chi connectivity index (χ2n) is 15.1. The Hall–Kier alpha value is -6.90. The van der Waals surface area contributed by atoms with Gasteiger partial charge < -0.3 is 9.47 Å². The Labute approximate surface area is 326 Å². The second kappa shape index (κ2) is 13.1. The Morgan fingerprint density at radius 1 is 0.446 bits per heavy atom. The van der Waals surface area contributed by atoms with Crippen molar-refractivity contribution in [2.24, 2.45) is 0 Å². The van der Waals surface area contributed by atoms with Crippen LogP contribution in [0, 0.1) is 0 Å². The van der Waals surface area contributed by atoms with Crippen molar-refractivity contribution in [1.82, 2.24) is 4.57 Å². The molecular formula is C54H40N2. The third kappa shape index (κ3) is 5.17. The quantitative estimate of drug-likeness (QED) is 0.142. The molecule has 0 radical (unpaired) electrons.